The van der Waals surface area contributed by atoms with E-state index in [2.05, 4.69) is 55.3 Å². The van der Waals surface area contributed by atoms with Gasteiger partial charge in [0.1, 0.15) is 18.2 Å². The summed E-state index contributed by atoms with van der Waals surface area (Å²) in [6.07, 6.45) is 3.41. The summed E-state index contributed by atoms with van der Waals surface area (Å²) in [5.74, 6) is 2.67. The van der Waals surface area contributed by atoms with Crippen LogP contribution in [0, 0.1) is 0 Å². The lowest BCUT2D eigenvalue weighted by molar-refractivity contribution is -0.127. The van der Waals surface area contributed by atoms with E-state index in [1.54, 1.807) is 6.08 Å². The first-order chi connectivity index (χ1) is 15.1. The highest BCUT2D eigenvalue weighted by Crippen LogP contribution is 2.30. The van der Waals surface area contributed by atoms with Crippen LogP contribution in [0.15, 0.2) is 61.2 Å². The number of carbonyl (C=O) groups excluding carboxylic acids is 1. The van der Waals surface area contributed by atoms with E-state index in [0.717, 1.165) is 29.0 Å². The largest absolute Gasteiger partial charge is 0.492 e. The minimum atomic E-state index is 0.0923. The fourth-order valence-corrected chi connectivity index (χ4v) is 4.30. The molecule has 1 aliphatic rings. The van der Waals surface area contributed by atoms with Crippen LogP contribution in [0.1, 0.15) is 49.9 Å². The molecule has 2 aromatic carbocycles. The maximum Gasteiger partial charge on any atom is 0.223 e. The van der Waals surface area contributed by atoms with Gasteiger partial charge in [-0.15, -0.1) is 6.58 Å². The molecular formula is C26H31N3O2. The van der Waals surface area contributed by atoms with Gasteiger partial charge in [0.15, 0.2) is 0 Å². The Kier molecular flexibility index (Phi) is 6.40. The molecule has 1 aromatic heterocycles. The predicted molar refractivity (Wildman–Crippen MR) is 125 cm³/mol. The molecule has 0 bridgehead atoms. The molecule has 2 atom stereocenters. The average Bonchev–Trinajstić information content (AvgIpc) is 3.34. The molecule has 0 unspecified atom stereocenters. The lowest BCUT2D eigenvalue weighted by Crippen LogP contribution is -2.25. The highest BCUT2D eigenvalue weighted by molar-refractivity contribution is 5.81. The summed E-state index contributed by atoms with van der Waals surface area (Å²) < 4.78 is 8.28. The fourth-order valence-electron chi connectivity index (χ4n) is 4.30. The number of imidazole rings is 1. The van der Waals surface area contributed by atoms with E-state index in [1.165, 1.54) is 5.56 Å². The van der Waals surface area contributed by atoms with Gasteiger partial charge in [-0.3, -0.25) is 4.79 Å². The predicted octanol–water partition coefficient (Wildman–Crippen LogP) is 5.13. The van der Waals surface area contributed by atoms with Crippen molar-refractivity contribution < 1.29 is 9.53 Å². The smallest absolute Gasteiger partial charge is 0.223 e. The molecule has 0 N–H and O–H groups in total. The number of hydrogen-bond acceptors (Lipinski definition) is 3. The summed E-state index contributed by atoms with van der Waals surface area (Å²) >= 11 is 0. The van der Waals surface area contributed by atoms with Crippen molar-refractivity contribution in [1.82, 2.24) is 14.5 Å². The number of hydrogen-bond donors (Lipinski definition) is 0. The van der Waals surface area contributed by atoms with E-state index in [1.807, 2.05) is 23.1 Å². The lowest BCUT2D eigenvalue weighted by atomic mass is 9.99. The van der Waals surface area contributed by atoms with Gasteiger partial charge in [-0.1, -0.05) is 44.2 Å². The molecule has 1 amide bonds. The van der Waals surface area contributed by atoms with Crippen LogP contribution < -0.4 is 4.74 Å². The molecule has 5 nitrogen and oxygen atoms in total. The number of benzene rings is 2. The molecule has 0 radical (unpaired) electrons. The van der Waals surface area contributed by atoms with Gasteiger partial charge >= 0.3 is 0 Å². The molecule has 1 fully saturated rings. The number of ether oxygens (including phenoxy) is 1. The zero-order valence-electron chi connectivity index (χ0n) is 18.5. The summed E-state index contributed by atoms with van der Waals surface area (Å²) in [6.45, 7) is 10.7. The third-order valence-corrected chi connectivity index (χ3v) is 6.26. The Balaban J connectivity index is 1.50. The number of carbonyl (C=O) groups is 1. The van der Waals surface area contributed by atoms with Crippen LogP contribution in [0.4, 0.5) is 0 Å². The Morgan fingerprint density at radius 1 is 1.23 bits per heavy atom. The number of aromatic nitrogens is 2. The van der Waals surface area contributed by atoms with Crippen molar-refractivity contribution in [2.75, 3.05) is 19.7 Å². The van der Waals surface area contributed by atoms with E-state index < -0.39 is 0 Å². The number of rotatable bonds is 9. The van der Waals surface area contributed by atoms with Crippen molar-refractivity contribution in [3.05, 3.63) is 72.6 Å². The van der Waals surface area contributed by atoms with Crippen molar-refractivity contribution in [1.29, 1.82) is 0 Å². The fraction of sp³-hybridized carbons (Fsp3) is 0.385. The number of fused-ring (bicyclic) bond motifs is 1. The first-order valence-electron chi connectivity index (χ1n) is 11.2. The minimum absolute atomic E-state index is 0.0923. The number of likely N-dealkylation sites (tertiary alicyclic amines) is 1. The first kappa shape index (κ1) is 21.2. The van der Waals surface area contributed by atoms with Crippen molar-refractivity contribution in [2.45, 2.75) is 45.1 Å². The zero-order chi connectivity index (χ0) is 21.8. The molecule has 4 rings (SSSR count). The second-order valence-electron chi connectivity index (χ2n) is 8.33. The van der Waals surface area contributed by atoms with Crippen LogP contribution in [0.2, 0.25) is 0 Å². The summed E-state index contributed by atoms with van der Waals surface area (Å²) in [7, 11) is 0. The van der Waals surface area contributed by atoms with Crippen molar-refractivity contribution in [3.63, 3.8) is 0 Å². The van der Waals surface area contributed by atoms with Crippen LogP contribution in [0.25, 0.3) is 11.0 Å². The second kappa shape index (κ2) is 9.38. The Bertz CT molecular complexity index is 1050. The van der Waals surface area contributed by atoms with Gasteiger partial charge in [0.05, 0.1) is 17.6 Å². The Morgan fingerprint density at radius 3 is 2.74 bits per heavy atom. The van der Waals surface area contributed by atoms with Gasteiger partial charge in [0.2, 0.25) is 5.91 Å². The van der Waals surface area contributed by atoms with Gasteiger partial charge < -0.3 is 14.2 Å². The normalized spacial score (nSPS) is 17.3. The lowest BCUT2D eigenvalue weighted by Gasteiger charge is -2.16. The number of nitrogens with zero attached hydrogens (tertiary/aromatic N) is 3. The van der Waals surface area contributed by atoms with Crippen LogP contribution >= 0.6 is 0 Å². The number of para-hydroxylation sites is 2. The monoisotopic (exact) mass is 417 g/mol. The van der Waals surface area contributed by atoms with E-state index in [0.29, 0.717) is 38.6 Å². The van der Waals surface area contributed by atoms with E-state index in [9.17, 15) is 4.79 Å². The molecule has 1 aliphatic heterocycles. The van der Waals surface area contributed by atoms with E-state index >= 15 is 0 Å². The summed E-state index contributed by atoms with van der Waals surface area (Å²) in [5, 5.41) is 0. The average molecular weight is 418 g/mol. The van der Waals surface area contributed by atoms with E-state index in [-0.39, 0.29) is 11.8 Å². The third kappa shape index (κ3) is 4.50. The van der Waals surface area contributed by atoms with E-state index in [4.69, 9.17) is 9.72 Å². The molecule has 1 saturated heterocycles. The van der Waals surface area contributed by atoms with Gasteiger partial charge in [0.25, 0.3) is 0 Å². The molecular weight excluding hydrogens is 386 g/mol. The SMILES string of the molecule is C=CCN1C[C@@H](c2nc3ccccc3n2CCOc2ccc([C@@H](C)CC)cc2)CC1=O. The second-order valence-corrected chi connectivity index (χ2v) is 8.33. The molecule has 0 spiro atoms. The van der Waals surface area contributed by atoms with Crippen molar-refractivity contribution >= 4 is 16.9 Å². The Morgan fingerprint density at radius 2 is 2.00 bits per heavy atom. The van der Waals surface area contributed by atoms with Crippen molar-refractivity contribution in [3.8, 4) is 5.75 Å². The maximum atomic E-state index is 12.4. The highest BCUT2D eigenvalue weighted by atomic mass is 16.5. The van der Waals surface area contributed by atoms with Crippen LogP contribution in [0.3, 0.4) is 0 Å². The third-order valence-electron chi connectivity index (χ3n) is 6.26. The van der Waals surface area contributed by atoms with Gasteiger partial charge in [-0.2, -0.15) is 0 Å². The topological polar surface area (TPSA) is 47.4 Å². The van der Waals surface area contributed by atoms with Gasteiger partial charge in [0, 0.05) is 25.4 Å². The summed E-state index contributed by atoms with van der Waals surface area (Å²) in [4.78, 5) is 19.1. The molecule has 2 heterocycles. The minimum Gasteiger partial charge on any atom is -0.492 e. The standard InChI is InChI=1S/C26H31N3O2/c1-4-14-28-18-21(17-25(28)30)26-27-23-8-6-7-9-24(23)29(26)15-16-31-22-12-10-20(11-13-22)19(3)5-2/h4,6-13,19,21H,1,5,14-18H2,2-3H3/t19-,21-/m0/s1. The molecule has 162 valence electrons. The quantitative estimate of drug-likeness (QED) is 0.454. The summed E-state index contributed by atoms with van der Waals surface area (Å²) in [6, 6.07) is 16.6. The van der Waals surface area contributed by atoms with Crippen molar-refractivity contribution in [2.24, 2.45) is 0 Å². The number of amides is 1. The molecule has 31 heavy (non-hydrogen) atoms. The van der Waals surface area contributed by atoms with Crippen LogP contribution in [0.5, 0.6) is 5.75 Å². The highest BCUT2D eigenvalue weighted by Gasteiger charge is 2.33. The Hall–Kier alpha value is -3.08. The van der Waals surface area contributed by atoms with Crippen LogP contribution in [-0.2, 0) is 11.3 Å². The zero-order valence-corrected chi connectivity index (χ0v) is 18.5. The van der Waals surface area contributed by atoms with Crippen LogP contribution in [-0.4, -0.2) is 40.1 Å². The van der Waals surface area contributed by atoms with Gasteiger partial charge in [-0.05, 0) is 42.2 Å². The Labute approximate surface area is 184 Å². The first-order valence-corrected chi connectivity index (χ1v) is 11.2. The molecule has 0 aliphatic carbocycles. The molecule has 0 saturated carbocycles. The maximum absolute atomic E-state index is 12.4. The summed E-state index contributed by atoms with van der Waals surface area (Å²) in [5.41, 5.74) is 3.39. The molecule has 5 heteroatoms. The van der Waals surface area contributed by atoms with Gasteiger partial charge in [-0.25, -0.2) is 4.98 Å². The molecule has 3 aromatic rings.